The first-order valence-electron chi connectivity index (χ1n) is 15.0. The predicted molar refractivity (Wildman–Crippen MR) is 172 cm³/mol. The molecule has 0 aromatic rings. The lowest BCUT2D eigenvalue weighted by Crippen LogP contribution is -2.58. The van der Waals surface area contributed by atoms with Crippen molar-refractivity contribution in [2.75, 3.05) is 26.2 Å². The van der Waals surface area contributed by atoms with Crippen molar-refractivity contribution in [3.63, 3.8) is 0 Å². The Morgan fingerprint density at radius 2 is 1.20 bits per heavy atom. The summed E-state index contributed by atoms with van der Waals surface area (Å²) in [4.78, 5) is 77.6. The fourth-order valence-corrected chi connectivity index (χ4v) is 4.64. The van der Waals surface area contributed by atoms with E-state index in [-0.39, 0.29) is 76.2 Å². The number of rotatable bonds is 20. The van der Waals surface area contributed by atoms with Gasteiger partial charge in [-0.05, 0) is 58.3 Å². The first kappa shape index (κ1) is 39.1. The van der Waals surface area contributed by atoms with Crippen LogP contribution in [0.3, 0.4) is 0 Å². The summed E-state index contributed by atoms with van der Waals surface area (Å²) >= 11 is 0. The molecule has 1 saturated heterocycles. The van der Waals surface area contributed by atoms with E-state index in [0.717, 1.165) is 0 Å². The largest absolute Gasteiger partial charge is 0.480 e. The number of hydrogen-bond donors (Lipinski definition) is 11. The van der Waals surface area contributed by atoms with Gasteiger partial charge in [0.2, 0.25) is 23.6 Å². The Labute approximate surface area is 267 Å². The van der Waals surface area contributed by atoms with Crippen LogP contribution in [-0.4, -0.2) is 114 Å². The van der Waals surface area contributed by atoms with E-state index in [2.05, 4.69) is 30.9 Å². The van der Waals surface area contributed by atoms with Gasteiger partial charge < -0.3 is 66.1 Å². The summed E-state index contributed by atoms with van der Waals surface area (Å²) in [5.41, 5.74) is 37.8. The Morgan fingerprint density at radius 1 is 0.739 bits per heavy atom. The summed E-state index contributed by atoms with van der Waals surface area (Å²) in [5, 5.41) is 17.4. The summed E-state index contributed by atoms with van der Waals surface area (Å²) in [5.74, 6) is -4.11. The SMILES string of the molecule is C[C@H](N)C(=O)N[C@@H](CCCN=C(N)N)C(=O)N1CCC[C@H]1C(=O)N[C@@H](CCCN=C(N)N)C(=O)N[C@@H](CCCN=C(N)N)C(=O)O. The van der Waals surface area contributed by atoms with Gasteiger partial charge in [-0.15, -0.1) is 0 Å². The van der Waals surface area contributed by atoms with Crippen LogP contribution in [0.25, 0.3) is 0 Å². The number of likely N-dealkylation sites (tertiary alicyclic amines) is 1. The van der Waals surface area contributed by atoms with Gasteiger partial charge in [-0.1, -0.05) is 0 Å². The number of hydrogen-bond acceptors (Lipinski definition) is 9. The fraction of sp³-hybridized carbons (Fsp3) is 0.692. The van der Waals surface area contributed by atoms with E-state index in [1.54, 1.807) is 0 Å². The Balaban J connectivity index is 3.11. The number of carboxylic acid groups (broad SMARTS) is 1. The van der Waals surface area contributed by atoms with Gasteiger partial charge in [0.15, 0.2) is 17.9 Å². The molecule has 1 aliphatic rings. The molecule has 0 aromatic heterocycles. The number of nitrogens with one attached hydrogen (secondary N) is 3. The average Bonchev–Trinajstić information content (AvgIpc) is 3.46. The van der Waals surface area contributed by atoms with Crippen LogP contribution >= 0.6 is 0 Å². The third-order valence-corrected chi connectivity index (χ3v) is 6.95. The Bertz CT molecular complexity index is 1130. The summed E-state index contributed by atoms with van der Waals surface area (Å²) in [6, 6.07) is -5.30. The van der Waals surface area contributed by atoms with Gasteiger partial charge in [-0.25, -0.2) is 4.79 Å². The lowest BCUT2D eigenvalue weighted by molar-refractivity contribution is -0.143. The monoisotopic (exact) mass is 654 g/mol. The minimum Gasteiger partial charge on any atom is -0.480 e. The van der Waals surface area contributed by atoms with Crippen molar-refractivity contribution < 1.29 is 29.1 Å². The van der Waals surface area contributed by atoms with Crippen molar-refractivity contribution in [1.82, 2.24) is 20.9 Å². The number of nitrogens with zero attached hydrogens (tertiary/aromatic N) is 4. The quantitative estimate of drug-likeness (QED) is 0.0333. The molecule has 260 valence electrons. The lowest BCUT2D eigenvalue weighted by Gasteiger charge is -2.30. The maximum absolute atomic E-state index is 13.6. The van der Waals surface area contributed by atoms with Gasteiger partial charge in [0, 0.05) is 26.2 Å². The Hall–Kier alpha value is -4.88. The van der Waals surface area contributed by atoms with Gasteiger partial charge in [0.05, 0.1) is 6.04 Å². The van der Waals surface area contributed by atoms with Crippen molar-refractivity contribution in [2.45, 2.75) is 88.5 Å². The molecule has 20 nitrogen and oxygen atoms in total. The van der Waals surface area contributed by atoms with Gasteiger partial charge >= 0.3 is 5.97 Å². The maximum Gasteiger partial charge on any atom is 0.326 e. The van der Waals surface area contributed by atoms with Crippen LogP contribution in [0.5, 0.6) is 0 Å². The first-order valence-corrected chi connectivity index (χ1v) is 15.0. The van der Waals surface area contributed by atoms with E-state index in [9.17, 15) is 29.1 Å². The van der Waals surface area contributed by atoms with Crippen molar-refractivity contribution in [3.05, 3.63) is 0 Å². The summed E-state index contributed by atoms with van der Waals surface area (Å²) in [6.45, 7) is 2.23. The lowest BCUT2D eigenvalue weighted by atomic mass is 10.1. The maximum atomic E-state index is 13.6. The van der Waals surface area contributed by atoms with Crippen molar-refractivity contribution >= 4 is 47.5 Å². The van der Waals surface area contributed by atoms with Crippen LogP contribution in [0.1, 0.15) is 58.3 Å². The number of guanidine groups is 3. The normalized spacial score (nSPS) is 16.6. The predicted octanol–water partition coefficient (Wildman–Crippen LogP) is -4.98. The highest BCUT2D eigenvalue weighted by molar-refractivity contribution is 5.95. The topological polar surface area (TPSA) is 364 Å². The van der Waals surface area contributed by atoms with Gasteiger partial charge in [0.25, 0.3) is 0 Å². The second-order valence-corrected chi connectivity index (χ2v) is 10.8. The van der Waals surface area contributed by atoms with E-state index < -0.39 is 59.8 Å². The number of aliphatic imine (C=N–C) groups is 3. The minimum absolute atomic E-state index is 0.0230. The van der Waals surface area contributed by atoms with Crippen LogP contribution in [0, 0.1) is 0 Å². The van der Waals surface area contributed by atoms with Gasteiger partial charge in [0.1, 0.15) is 24.2 Å². The van der Waals surface area contributed by atoms with E-state index >= 15 is 0 Å². The molecule has 20 heteroatoms. The molecule has 0 radical (unpaired) electrons. The number of nitrogens with two attached hydrogens (primary N) is 7. The van der Waals surface area contributed by atoms with E-state index in [1.165, 1.54) is 11.8 Å². The molecule has 1 fully saturated rings. The van der Waals surface area contributed by atoms with Crippen LogP contribution in [-0.2, 0) is 24.0 Å². The third kappa shape index (κ3) is 14.7. The van der Waals surface area contributed by atoms with Crippen molar-refractivity contribution in [1.29, 1.82) is 0 Å². The molecular formula is C26H50N14O6. The number of carboxylic acids is 1. The molecule has 0 bridgehead atoms. The number of carbonyl (C=O) groups excluding carboxylic acids is 4. The second-order valence-electron chi connectivity index (χ2n) is 10.8. The van der Waals surface area contributed by atoms with Gasteiger partial charge in [-0.2, -0.15) is 0 Å². The third-order valence-electron chi connectivity index (χ3n) is 6.95. The Kier molecular flexibility index (Phi) is 17.2. The minimum atomic E-state index is -1.28. The van der Waals surface area contributed by atoms with Crippen LogP contribution in [0.15, 0.2) is 15.0 Å². The van der Waals surface area contributed by atoms with Crippen molar-refractivity contribution in [2.24, 2.45) is 55.1 Å². The Morgan fingerprint density at radius 3 is 1.65 bits per heavy atom. The summed E-state index contributed by atoms with van der Waals surface area (Å²) in [6.07, 6.45) is 1.94. The highest BCUT2D eigenvalue weighted by Crippen LogP contribution is 2.20. The van der Waals surface area contributed by atoms with E-state index in [0.29, 0.717) is 19.3 Å². The van der Waals surface area contributed by atoms with Crippen LogP contribution in [0.4, 0.5) is 0 Å². The number of aliphatic carboxylic acids is 1. The summed E-state index contributed by atoms with van der Waals surface area (Å²) in [7, 11) is 0. The molecule has 0 saturated carbocycles. The molecule has 0 unspecified atom stereocenters. The first-order chi connectivity index (χ1) is 21.6. The highest BCUT2D eigenvalue weighted by Gasteiger charge is 2.39. The molecule has 1 heterocycles. The van der Waals surface area contributed by atoms with E-state index in [4.69, 9.17) is 40.1 Å². The highest BCUT2D eigenvalue weighted by atomic mass is 16.4. The number of amides is 4. The second kappa shape index (κ2) is 20.2. The molecular weight excluding hydrogens is 604 g/mol. The molecule has 18 N–H and O–H groups in total. The molecule has 1 aliphatic heterocycles. The molecule has 1 rings (SSSR count). The molecule has 46 heavy (non-hydrogen) atoms. The standard InChI is InChI=1S/C26H50N14O6/c1-14(27)19(41)38-16(7-3-11-35-25(30)31)22(44)40-13-5-9-18(40)21(43)37-15(6-2-10-34-24(28)29)20(42)39-17(23(45)46)8-4-12-36-26(32)33/h14-18H,2-13,27H2,1H3,(H,37,43)(H,38,41)(H,39,42)(H,45,46)(H4,28,29,34)(H4,30,31,35)(H4,32,33,36)/t14-,15-,16-,17-,18-/m0/s1. The average molecular weight is 655 g/mol. The zero-order valence-electron chi connectivity index (χ0n) is 26.2. The smallest absolute Gasteiger partial charge is 0.326 e. The molecule has 5 atom stereocenters. The fourth-order valence-electron chi connectivity index (χ4n) is 4.64. The van der Waals surface area contributed by atoms with Crippen LogP contribution in [0.2, 0.25) is 0 Å². The van der Waals surface area contributed by atoms with Crippen molar-refractivity contribution in [3.8, 4) is 0 Å². The van der Waals surface area contributed by atoms with E-state index in [1.807, 2.05) is 0 Å². The summed E-state index contributed by atoms with van der Waals surface area (Å²) < 4.78 is 0. The molecule has 4 amide bonds. The molecule has 0 aliphatic carbocycles. The number of carbonyl (C=O) groups is 5. The van der Waals surface area contributed by atoms with Crippen LogP contribution < -0.4 is 56.1 Å². The zero-order chi connectivity index (χ0) is 34.8. The zero-order valence-corrected chi connectivity index (χ0v) is 26.2. The molecule has 0 aromatic carbocycles. The van der Waals surface area contributed by atoms with Gasteiger partial charge in [-0.3, -0.25) is 34.2 Å². The molecule has 0 spiro atoms.